The molecule has 0 unspecified atom stereocenters. The molecule has 2 heteroatoms. The molecule has 0 aliphatic heterocycles. The molecule has 0 bridgehead atoms. The van der Waals surface area contributed by atoms with Crippen molar-refractivity contribution in [3.63, 3.8) is 0 Å². The highest BCUT2D eigenvalue weighted by Gasteiger charge is 1.94. The van der Waals surface area contributed by atoms with Crippen LogP contribution in [0.5, 0.6) is 0 Å². The average molecular weight is 140 g/mol. The third-order valence-corrected chi connectivity index (χ3v) is 0.944. The SMILES string of the molecule is C=C(O)/C(=C\C=C/C)OC. The van der Waals surface area contributed by atoms with Crippen LogP contribution in [0.2, 0.25) is 0 Å². The van der Waals surface area contributed by atoms with Crippen LogP contribution in [0.25, 0.3) is 0 Å². The molecule has 0 heterocycles. The number of hydrogen-bond donors (Lipinski definition) is 1. The van der Waals surface area contributed by atoms with E-state index in [1.807, 2.05) is 13.0 Å². The van der Waals surface area contributed by atoms with Gasteiger partial charge in [0.2, 0.25) is 0 Å². The van der Waals surface area contributed by atoms with Gasteiger partial charge in [0.25, 0.3) is 0 Å². The van der Waals surface area contributed by atoms with Gasteiger partial charge in [-0.25, -0.2) is 0 Å². The van der Waals surface area contributed by atoms with Gasteiger partial charge in [-0.1, -0.05) is 18.7 Å². The van der Waals surface area contributed by atoms with E-state index in [-0.39, 0.29) is 5.76 Å². The van der Waals surface area contributed by atoms with Crippen molar-refractivity contribution in [3.05, 3.63) is 36.3 Å². The van der Waals surface area contributed by atoms with Gasteiger partial charge >= 0.3 is 0 Å². The predicted octanol–water partition coefficient (Wildman–Crippen LogP) is 2.16. The first kappa shape index (κ1) is 8.82. The van der Waals surface area contributed by atoms with Crippen LogP contribution in [0.4, 0.5) is 0 Å². The quantitative estimate of drug-likeness (QED) is 0.481. The number of hydrogen-bond acceptors (Lipinski definition) is 2. The highest BCUT2D eigenvalue weighted by molar-refractivity contribution is 5.20. The molecule has 0 fully saturated rings. The van der Waals surface area contributed by atoms with E-state index in [2.05, 4.69) is 6.58 Å². The fourth-order valence-corrected chi connectivity index (χ4v) is 0.466. The summed E-state index contributed by atoms with van der Waals surface area (Å²) in [6, 6.07) is 0. The molecule has 0 aliphatic rings. The lowest BCUT2D eigenvalue weighted by atomic mass is 10.4. The Hall–Kier alpha value is -1.18. The van der Waals surface area contributed by atoms with Gasteiger partial charge < -0.3 is 9.84 Å². The van der Waals surface area contributed by atoms with Gasteiger partial charge in [-0.3, -0.25) is 0 Å². The summed E-state index contributed by atoms with van der Waals surface area (Å²) in [4.78, 5) is 0. The summed E-state index contributed by atoms with van der Waals surface area (Å²) in [5.41, 5.74) is 0. The van der Waals surface area contributed by atoms with Crippen LogP contribution in [-0.4, -0.2) is 12.2 Å². The molecule has 0 amide bonds. The maximum absolute atomic E-state index is 8.82. The normalized spacial score (nSPS) is 12.0. The van der Waals surface area contributed by atoms with Crippen LogP contribution in [0.15, 0.2) is 36.3 Å². The summed E-state index contributed by atoms with van der Waals surface area (Å²) >= 11 is 0. The lowest BCUT2D eigenvalue weighted by molar-refractivity contribution is 0.257. The Balaban J connectivity index is 4.18. The molecule has 0 aliphatic carbocycles. The second-order valence-electron chi connectivity index (χ2n) is 1.71. The number of allylic oxidation sites excluding steroid dienone is 3. The van der Waals surface area contributed by atoms with E-state index < -0.39 is 0 Å². The Morgan fingerprint density at radius 1 is 1.60 bits per heavy atom. The second kappa shape index (κ2) is 4.68. The summed E-state index contributed by atoms with van der Waals surface area (Å²) in [5, 5.41) is 8.82. The topological polar surface area (TPSA) is 29.5 Å². The largest absolute Gasteiger partial charge is 0.505 e. The summed E-state index contributed by atoms with van der Waals surface area (Å²) in [6.45, 7) is 5.19. The maximum atomic E-state index is 8.82. The molecule has 0 aromatic carbocycles. The standard InChI is InChI=1S/C8H12O2/c1-4-5-6-8(10-3)7(2)9/h4-6,9H,2H2,1,3H3/b5-4-,8-6+. The highest BCUT2D eigenvalue weighted by atomic mass is 16.5. The monoisotopic (exact) mass is 140 g/mol. The smallest absolute Gasteiger partial charge is 0.159 e. The van der Waals surface area contributed by atoms with E-state index in [9.17, 15) is 0 Å². The summed E-state index contributed by atoms with van der Waals surface area (Å²) in [5.74, 6) is 0.332. The van der Waals surface area contributed by atoms with Crippen molar-refractivity contribution in [1.82, 2.24) is 0 Å². The van der Waals surface area contributed by atoms with Gasteiger partial charge in [0.05, 0.1) is 7.11 Å². The van der Waals surface area contributed by atoms with Crippen molar-refractivity contribution in [2.45, 2.75) is 6.92 Å². The van der Waals surface area contributed by atoms with Gasteiger partial charge in [-0.15, -0.1) is 0 Å². The molecule has 0 rings (SSSR count). The predicted molar refractivity (Wildman–Crippen MR) is 41.7 cm³/mol. The van der Waals surface area contributed by atoms with Crippen LogP contribution in [0.1, 0.15) is 6.92 Å². The van der Waals surface area contributed by atoms with Crippen LogP contribution in [0.3, 0.4) is 0 Å². The Bertz CT molecular complexity index is 166. The molecule has 0 saturated heterocycles. The third kappa shape index (κ3) is 2.97. The molecular weight excluding hydrogens is 128 g/mol. The number of ether oxygens (including phenoxy) is 1. The zero-order valence-electron chi connectivity index (χ0n) is 6.29. The van der Waals surface area contributed by atoms with Gasteiger partial charge in [0.15, 0.2) is 5.76 Å². The van der Waals surface area contributed by atoms with Gasteiger partial charge in [-0.05, 0) is 13.0 Å². The van der Waals surface area contributed by atoms with Crippen LogP contribution < -0.4 is 0 Å². The van der Waals surface area contributed by atoms with E-state index in [0.29, 0.717) is 5.76 Å². The zero-order valence-corrected chi connectivity index (χ0v) is 6.29. The van der Waals surface area contributed by atoms with Crippen molar-refractivity contribution in [2.75, 3.05) is 7.11 Å². The second-order valence-corrected chi connectivity index (χ2v) is 1.71. The van der Waals surface area contributed by atoms with Crippen LogP contribution >= 0.6 is 0 Å². The first-order valence-electron chi connectivity index (χ1n) is 2.97. The molecule has 0 saturated carbocycles. The molecule has 56 valence electrons. The van der Waals surface area contributed by atoms with Crippen molar-refractivity contribution < 1.29 is 9.84 Å². The Kier molecular flexibility index (Phi) is 4.12. The fourth-order valence-electron chi connectivity index (χ4n) is 0.466. The van der Waals surface area contributed by atoms with Crippen molar-refractivity contribution in [1.29, 1.82) is 0 Å². The first-order valence-corrected chi connectivity index (χ1v) is 2.97. The minimum Gasteiger partial charge on any atom is -0.505 e. The van der Waals surface area contributed by atoms with E-state index >= 15 is 0 Å². The number of aliphatic hydroxyl groups is 1. The lowest BCUT2D eigenvalue weighted by Gasteiger charge is -2.00. The lowest BCUT2D eigenvalue weighted by Crippen LogP contribution is -1.88. The molecule has 0 aromatic rings. The van der Waals surface area contributed by atoms with Gasteiger partial charge in [-0.2, -0.15) is 0 Å². The van der Waals surface area contributed by atoms with E-state index in [1.54, 1.807) is 12.2 Å². The minimum atomic E-state index is -0.0550. The van der Waals surface area contributed by atoms with Gasteiger partial charge in [0, 0.05) is 0 Å². The average Bonchev–Trinajstić information content (AvgIpc) is 1.89. The van der Waals surface area contributed by atoms with Crippen molar-refractivity contribution in [3.8, 4) is 0 Å². The zero-order chi connectivity index (χ0) is 7.98. The Morgan fingerprint density at radius 3 is 2.50 bits per heavy atom. The molecule has 1 N–H and O–H groups in total. The molecule has 0 aromatic heterocycles. The van der Waals surface area contributed by atoms with Gasteiger partial charge in [0.1, 0.15) is 5.76 Å². The van der Waals surface area contributed by atoms with E-state index in [0.717, 1.165) is 0 Å². The molecule has 2 nitrogen and oxygen atoms in total. The Morgan fingerprint density at radius 2 is 2.20 bits per heavy atom. The Labute approximate surface area is 61.1 Å². The summed E-state index contributed by atoms with van der Waals surface area (Å²) in [7, 11) is 1.48. The minimum absolute atomic E-state index is 0.0550. The maximum Gasteiger partial charge on any atom is 0.159 e. The highest BCUT2D eigenvalue weighted by Crippen LogP contribution is 2.03. The summed E-state index contributed by atoms with van der Waals surface area (Å²) in [6.07, 6.45) is 5.24. The first-order chi connectivity index (χ1) is 4.72. The molecule has 0 spiro atoms. The number of rotatable bonds is 3. The molecule has 0 atom stereocenters. The van der Waals surface area contributed by atoms with Crippen molar-refractivity contribution >= 4 is 0 Å². The van der Waals surface area contributed by atoms with Crippen LogP contribution in [0, 0.1) is 0 Å². The van der Waals surface area contributed by atoms with E-state index in [1.165, 1.54) is 7.11 Å². The number of methoxy groups -OCH3 is 1. The van der Waals surface area contributed by atoms with E-state index in [4.69, 9.17) is 9.84 Å². The van der Waals surface area contributed by atoms with Crippen molar-refractivity contribution in [2.24, 2.45) is 0 Å². The van der Waals surface area contributed by atoms with Crippen LogP contribution in [-0.2, 0) is 4.74 Å². The summed E-state index contributed by atoms with van der Waals surface area (Å²) < 4.78 is 4.77. The molecule has 10 heavy (non-hydrogen) atoms. The fraction of sp³-hybridized carbons (Fsp3) is 0.250. The molecule has 0 radical (unpaired) electrons. The number of aliphatic hydroxyl groups excluding tert-OH is 1. The molecular formula is C8H12O2. The third-order valence-electron chi connectivity index (χ3n) is 0.944.